The van der Waals surface area contributed by atoms with Crippen LogP contribution in [0.3, 0.4) is 0 Å². The summed E-state index contributed by atoms with van der Waals surface area (Å²) in [6.07, 6.45) is -0.309. The first-order valence-electron chi connectivity index (χ1n) is 9.90. The second-order valence-electron chi connectivity index (χ2n) is 6.97. The number of hydrogen-bond donors (Lipinski definition) is 2. The van der Waals surface area contributed by atoms with E-state index in [-0.39, 0.29) is 16.5 Å². The Labute approximate surface area is 202 Å². The molecular weight excluding hydrogens is 487 g/mol. The fraction of sp³-hybridized carbons (Fsp3) is 0.174. The molecule has 0 spiro atoms. The van der Waals surface area contributed by atoms with Crippen LogP contribution in [0.25, 0.3) is 0 Å². The van der Waals surface area contributed by atoms with Crippen LogP contribution in [-0.4, -0.2) is 27.5 Å². The number of rotatable bonds is 9. The first kappa shape index (κ1) is 24.7. The minimum absolute atomic E-state index is 0.0104. The molecule has 1 amide bonds. The number of sulfonamides is 1. The molecule has 0 saturated carbocycles. The van der Waals surface area contributed by atoms with E-state index in [4.69, 9.17) is 32.7 Å². The monoisotopic (exact) mass is 508 g/mol. The van der Waals surface area contributed by atoms with Crippen LogP contribution >= 0.6 is 23.2 Å². The number of ether oxygens (including phenoxy) is 2. The van der Waals surface area contributed by atoms with Crippen LogP contribution < -0.4 is 19.5 Å². The summed E-state index contributed by atoms with van der Waals surface area (Å²) in [4.78, 5) is 12.7. The number of nitrogens with one attached hydrogen (secondary N) is 2. The Kier molecular flexibility index (Phi) is 8.07. The van der Waals surface area contributed by atoms with Gasteiger partial charge in [-0.25, -0.2) is 8.42 Å². The normalized spacial score (nSPS) is 12.0. The molecule has 10 heteroatoms. The Bertz CT molecular complexity index is 1210. The van der Waals surface area contributed by atoms with Gasteiger partial charge in [-0.15, -0.1) is 0 Å². The van der Waals surface area contributed by atoms with Crippen molar-refractivity contribution >= 4 is 50.5 Å². The average Bonchev–Trinajstić information content (AvgIpc) is 2.77. The van der Waals surface area contributed by atoms with Gasteiger partial charge in [0.15, 0.2) is 6.10 Å². The second kappa shape index (κ2) is 10.8. The number of halogens is 2. The molecule has 174 valence electrons. The highest BCUT2D eigenvalue weighted by molar-refractivity contribution is 7.92. The molecule has 1 atom stereocenters. The van der Waals surface area contributed by atoms with Crippen molar-refractivity contribution < 1.29 is 22.7 Å². The minimum Gasteiger partial charge on any atom is -0.497 e. The van der Waals surface area contributed by atoms with Crippen molar-refractivity contribution in [1.82, 2.24) is 0 Å². The van der Waals surface area contributed by atoms with Gasteiger partial charge in [-0.2, -0.15) is 0 Å². The number of methoxy groups -OCH3 is 1. The van der Waals surface area contributed by atoms with Crippen molar-refractivity contribution in [3.8, 4) is 11.5 Å². The maximum absolute atomic E-state index is 12.7. The second-order valence-corrected chi connectivity index (χ2v) is 9.53. The molecule has 3 rings (SSSR count). The lowest BCUT2D eigenvalue weighted by Gasteiger charge is -2.18. The van der Waals surface area contributed by atoms with Crippen LogP contribution in [-0.2, 0) is 14.8 Å². The zero-order chi connectivity index (χ0) is 24.0. The summed E-state index contributed by atoms with van der Waals surface area (Å²) in [5.74, 6) is 0.765. The molecule has 0 aromatic heterocycles. The predicted octanol–water partition coefficient (Wildman–Crippen LogP) is 5.60. The van der Waals surface area contributed by atoms with Gasteiger partial charge in [0.1, 0.15) is 11.5 Å². The molecule has 3 aromatic carbocycles. The van der Waals surface area contributed by atoms with Crippen molar-refractivity contribution in [3.05, 3.63) is 76.8 Å². The van der Waals surface area contributed by atoms with Gasteiger partial charge in [-0.3, -0.25) is 9.52 Å². The van der Waals surface area contributed by atoms with Gasteiger partial charge in [0.2, 0.25) is 0 Å². The number of carbonyl (C=O) groups is 1. The smallest absolute Gasteiger partial charge is 0.265 e. The Morgan fingerprint density at radius 2 is 1.58 bits per heavy atom. The molecule has 0 aliphatic rings. The molecule has 2 N–H and O–H groups in total. The summed E-state index contributed by atoms with van der Waals surface area (Å²) in [7, 11) is -2.33. The van der Waals surface area contributed by atoms with Crippen LogP contribution in [0.4, 0.5) is 11.4 Å². The van der Waals surface area contributed by atoms with E-state index in [9.17, 15) is 13.2 Å². The summed E-state index contributed by atoms with van der Waals surface area (Å²) in [6.45, 7) is 1.83. The van der Waals surface area contributed by atoms with E-state index in [1.807, 2.05) is 6.92 Å². The topological polar surface area (TPSA) is 93.7 Å². The van der Waals surface area contributed by atoms with Crippen LogP contribution in [0.1, 0.15) is 13.3 Å². The average molecular weight is 509 g/mol. The summed E-state index contributed by atoms with van der Waals surface area (Å²) < 4.78 is 38.7. The summed E-state index contributed by atoms with van der Waals surface area (Å²) in [6, 6.07) is 17.1. The number of hydrogen-bond acceptors (Lipinski definition) is 5. The lowest BCUT2D eigenvalue weighted by molar-refractivity contribution is -0.122. The fourth-order valence-electron chi connectivity index (χ4n) is 2.93. The quantitative estimate of drug-likeness (QED) is 0.392. The van der Waals surface area contributed by atoms with Gasteiger partial charge < -0.3 is 14.8 Å². The van der Waals surface area contributed by atoms with E-state index in [1.165, 1.54) is 42.5 Å². The van der Waals surface area contributed by atoms with Crippen molar-refractivity contribution in [2.75, 3.05) is 17.1 Å². The maximum Gasteiger partial charge on any atom is 0.265 e. The molecule has 0 heterocycles. The van der Waals surface area contributed by atoms with E-state index in [1.54, 1.807) is 31.4 Å². The van der Waals surface area contributed by atoms with Gasteiger partial charge in [0.25, 0.3) is 15.9 Å². The van der Waals surface area contributed by atoms with Gasteiger partial charge in [0, 0.05) is 21.8 Å². The van der Waals surface area contributed by atoms with Crippen LogP contribution in [0.15, 0.2) is 71.6 Å². The van der Waals surface area contributed by atoms with E-state index >= 15 is 0 Å². The van der Waals surface area contributed by atoms with Gasteiger partial charge in [-0.1, -0.05) is 36.2 Å². The largest absolute Gasteiger partial charge is 0.497 e. The molecule has 0 saturated heterocycles. The fourth-order valence-corrected chi connectivity index (χ4v) is 4.49. The van der Waals surface area contributed by atoms with E-state index in [0.29, 0.717) is 33.7 Å². The highest BCUT2D eigenvalue weighted by atomic mass is 35.5. The van der Waals surface area contributed by atoms with E-state index in [0.717, 1.165) is 0 Å². The molecule has 0 aliphatic carbocycles. The highest BCUT2D eigenvalue weighted by Gasteiger charge is 2.20. The van der Waals surface area contributed by atoms with Crippen molar-refractivity contribution in [2.24, 2.45) is 0 Å². The Morgan fingerprint density at radius 1 is 0.939 bits per heavy atom. The summed E-state index contributed by atoms with van der Waals surface area (Å²) in [5, 5.41) is 3.35. The first-order chi connectivity index (χ1) is 15.7. The minimum atomic E-state index is -3.88. The maximum atomic E-state index is 12.7. The lowest BCUT2D eigenvalue weighted by Crippen LogP contribution is -2.32. The third-order valence-corrected chi connectivity index (χ3v) is 6.36. The first-order valence-corrected chi connectivity index (χ1v) is 12.1. The van der Waals surface area contributed by atoms with Crippen LogP contribution in [0.2, 0.25) is 10.0 Å². The van der Waals surface area contributed by atoms with Gasteiger partial charge in [0.05, 0.1) is 17.7 Å². The molecule has 33 heavy (non-hydrogen) atoms. The zero-order valence-corrected chi connectivity index (χ0v) is 20.2. The number of carbonyl (C=O) groups excluding carboxylic acids is 1. The van der Waals surface area contributed by atoms with E-state index < -0.39 is 16.1 Å². The van der Waals surface area contributed by atoms with Crippen LogP contribution in [0.5, 0.6) is 11.5 Å². The number of benzene rings is 3. The number of amides is 1. The molecule has 7 nitrogen and oxygen atoms in total. The Morgan fingerprint density at radius 3 is 2.18 bits per heavy atom. The van der Waals surface area contributed by atoms with Crippen molar-refractivity contribution in [3.63, 3.8) is 0 Å². The molecule has 1 unspecified atom stereocenters. The zero-order valence-electron chi connectivity index (χ0n) is 17.8. The molecule has 0 aliphatic heterocycles. The van der Waals surface area contributed by atoms with Crippen molar-refractivity contribution in [2.45, 2.75) is 24.3 Å². The highest BCUT2D eigenvalue weighted by Crippen LogP contribution is 2.25. The molecule has 0 radical (unpaired) electrons. The van der Waals surface area contributed by atoms with Crippen molar-refractivity contribution in [1.29, 1.82) is 0 Å². The Hall–Kier alpha value is -2.94. The molecule has 3 aromatic rings. The van der Waals surface area contributed by atoms with Crippen LogP contribution in [0, 0.1) is 0 Å². The summed E-state index contributed by atoms with van der Waals surface area (Å²) in [5.41, 5.74) is 0.669. The third-order valence-electron chi connectivity index (χ3n) is 4.53. The summed E-state index contributed by atoms with van der Waals surface area (Å²) >= 11 is 11.8. The standard InChI is InChI=1S/C23H22Cl2N2O5S/c1-3-22(32-20-6-4-5-19(14-20)31-2)23(28)26-17-7-9-21(10-8-17)33(29,30)27-18-12-15(24)11-16(25)13-18/h4-14,22,27H,3H2,1-2H3,(H,26,28). The predicted molar refractivity (Wildman–Crippen MR) is 130 cm³/mol. The SMILES string of the molecule is CCC(Oc1cccc(OC)c1)C(=O)Nc1ccc(S(=O)(=O)Nc2cc(Cl)cc(Cl)c2)cc1. The molecular formula is C23H22Cl2N2O5S. The Balaban J connectivity index is 1.67. The van der Waals surface area contributed by atoms with Gasteiger partial charge in [-0.05, 0) is 61.0 Å². The third kappa shape index (κ3) is 6.77. The van der Waals surface area contributed by atoms with Gasteiger partial charge >= 0.3 is 0 Å². The molecule has 0 bridgehead atoms. The van der Waals surface area contributed by atoms with E-state index in [2.05, 4.69) is 10.0 Å². The lowest BCUT2D eigenvalue weighted by atomic mass is 10.2. The molecule has 0 fully saturated rings. The number of anilines is 2.